The molecule has 2 saturated heterocycles. The van der Waals surface area contributed by atoms with Gasteiger partial charge in [0.2, 0.25) is 0 Å². The third kappa shape index (κ3) is 6.83. The highest BCUT2D eigenvalue weighted by molar-refractivity contribution is 6.33. The minimum Gasteiger partial charge on any atom is -0.353 e. The smallest absolute Gasteiger partial charge is 0.253 e. The van der Waals surface area contributed by atoms with E-state index in [1.165, 1.54) is 12.1 Å². The summed E-state index contributed by atoms with van der Waals surface area (Å²) in [5, 5.41) is 4.02. The fourth-order valence-electron chi connectivity index (χ4n) is 5.31. The molecule has 3 heterocycles. The number of aromatic nitrogens is 1. The summed E-state index contributed by atoms with van der Waals surface area (Å²) in [6.45, 7) is 6.98. The number of piperazine rings is 1. The van der Waals surface area contributed by atoms with Crippen molar-refractivity contribution in [3.8, 4) is 0 Å². The van der Waals surface area contributed by atoms with Crippen molar-refractivity contribution in [1.29, 1.82) is 0 Å². The van der Waals surface area contributed by atoms with Crippen LogP contribution in [0.25, 0.3) is 0 Å². The van der Waals surface area contributed by atoms with Crippen LogP contribution >= 0.6 is 23.2 Å². The number of piperidine rings is 1. The molecule has 2 aromatic carbocycles. The Morgan fingerprint density at radius 1 is 0.947 bits per heavy atom. The Morgan fingerprint density at radius 2 is 1.68 bits per heavy atom. The molecule has 38 heavy (non-hydrogen) atoms. The lowest BCUT2D eigenvalue weighted by Crippen LogP contribution is -2.53. The van der Waals surface area contributed by atoms with Crippen LogP contribution in [-0.2, 0) is 13.1 Å². The summed E-state index contributed by atoms with van der Waals surface area (Å²) in [6.07, 6.45) is 3.87. The van der Waals surface area contributed by atoms with Gasteiger partial charge in [0.05, 0.1) is 10.6 Å². The number of hydrogen-bond acceptors (Lipinski definition) is 5. The average Bonchev–Trinajstić information content (AvgIpc) is 2.93. The van der Waals surface area contributed by atoms with E-state index in [4.69, 9.17) is 23.2 Å². The summed E-state index contributed by atoms with van der Waals surface area (Å²) in [7, 11) is 0. The van der Waals surface area contributed by atoms with Crippen LogP contribution in [0.15, 0.2) is 60.8 Å². The van der Waals surface area contributed by atoms with E-state index in [0.717, 1.165) is 75.6 Å². The molecule has 0 aliphatic carbocycles. The van der Waals surface area contributed by atoms with Gasteiger partial charge in [0.15, 0.2) is 0 Å². The predicted molar refractivity (Wildman–Crippen MR) is 150 cm³/mol. The number of likely N-dealkylation sites (tertiary alicyclic amines) is 1. The van der Waals surface area contributed by atoms with Crippen LogP contribution in [0.5, 0.6) is 0 Å². The molecule has 2 fully saturated rings. The van der Waals surface area contributed by atoms with E-state index in [9.17, 15) is 9.18 Å². The number of carbonyl (C=O) groups excluding carboxylic acids is 1. The van der Waals surface area contributed by atoms with E-state index in [0.29, 0.717) is 28.2 Å². The van der Waals surface area contributed by atoms with E-state index in [2.05, 4.69) is 25.0 Å². The van der Waals surface area contributed by atoms with Crippen LogP contribution < -0.4 is 10.2 Å². The van der Waals surface area contributed by atoms with Crippen molar-refractivity contribution in [1.82, 2.24) is 20.1 Å². The van der Waals surface area contributed by atoms with Crippen molar-refractivity contribution >= 4 is 34.9 Å². The molecular weight excluding hydrogens is 524 g/mol. The molecule has 0 saturated carbocycles. The minimum absolute atomic E-state index is 0.186. The van der Waals surface area contributed by atoms with Crippen molar-refractivity contribution in [2.45, 2.75) is 32.0 Å². The van der Waals surface area contributed by atoms with Crippen LogP contribution in [0, 0.1) is 5.82 Å². The summed E-state index contributed by atoms with van der Waals surface area (Å²) in [4.78, 5) is 24.4. The van der Waals surface area contributed by atoms with Gasteiger partial charge in [-0.2, -0.15) is 0 Å². The third-order valence-corrected chi connectivity index (χ3v) is 7.95. The number of amides is 1. The first-order valence-electron chi connectivity index (χ1n) is 13.1. The van der Waals surface area contributed by atoms with Crippen molar-refractivity contribution in [2.24, 2.45) is 0 Å². The van der Waals surface area contributed by atoms with Crippen LogP contribution in [0.1, 0.15) is 34.3 Å². The molecule has 5 rings (SSSR count). The molecule has 2 aliphatic rings. The molecule has 1 aromatic heterocycles. The largest absolute Gasteiger partial charge is 0.353 e. The Morgan fingerprint density at radius 3 is 2.37 bits per heavy atom. The number of nitrogens with one attached hydrogen (secondary N) is 1. The van der Waals surface area contributed by atoms with Crippen LogP contribution in [0.4, 0.5) is 10.2 Å². The Labute approximate surface area is 233 Å². The topological polar surface area (TPSA) is 51.7 Å². The molecule has 0 bridgehead atoms. The first-order valence-corrected chi connectivity index (χ1v) is 13.8. The van der Waals surface area contributed by atoms with Gasteiger partial charge in [0, 0.05) is 56.5 Å². The molecule has 200 valence electrons. The number of anilines is 1. The third-order valence-electron chi connectivity index (χ3n) is 7.43. The second-order valence-corrected chi connectivity index (χ2v) is 10.8. The number of pyridine rings is 1. The monoisotopic (exact) mass is 555 g/mol. The lowest BCUT2D eigenvalue weighted by molar-refractivity contribution is 0.0950. The Hall–Kier alpha value is -2.71. The summed E-state index contributed by atoms with van der Waals surface area (Å²) >= 11 is 12.6. The number of halogens is 3. The van der Waals surface area contributed by atoms with Crippen molar-refractivity contribution in [3.05, 3.63) is 93.3 Å². The standard InChI is InChI=1S/C29H32Cl2FN5O/c30-24-3-1-2-22(16-24)18-34-29(38)23-17-27(31)28(33-19-23)37-14-12-36(13-15-37)26-8-10-35(11-9-26)20-21-4-6-25(32)7-5-21/h1-7,16-17,19,26H,8-15,18,20H2,(H,34,38). The molecular formula is C29H32Cl2FN5O. The van der Waals surface area contributed by atoms with Gasteiger partial charge in [-0.15, -0.1) is 0 Å². The predicted octanol–water partition coefficient (Wildman–Crippen LogP) is 5.24. The molecule has 1 N–H and O–H groups in total. The molecule has 2 aliphatic heterocycles. The maximum Gasteiger partial charge on any atom is 0.253 e. The summed E-state index contributed by atoms with van der Waals surface area (Å²) in [6, 6.07) is 16.5. The highest BCUT2D eigenvalue weighted by Crippen LogP contribution is 2.27. The zero-order chi connectivity index (χ0) is 26.5. The molecule has 6 nitrogen and oxygen atoms in total. The fourth-order valence-corrected chi connectivity index (χ4v) is 5.81. The summed E-state index contributed by atoms with van der Waals surface area (Å²) < 4.78 is 13.2. The van der Waals surface area contributed by atoms with E-state index in [1.807, 2.05) is 30.3 Å². The molecule has 0 unspecified atom stereocenters. The normalized spacial score (nSPS) is 17.5. The molecule has 0 radical (unpaired) electrons. The van der Waals surface area contributed by atoms with E-state index in [1.54, 1.807) is 18.3 Å². The first kappa shape index (κ1) is 26.9. The Bertz CT molecular complexity index is 1240. The minimum atomic E-state index is -0.221. The number of carbonyl (C=O) groups is 1. The quantitative estimate of drug-likeness (QED) is 0.431. The van der Waals surface area contributed by atoms with E-state index >= 15 is 0 Å². The number of nitrogens with zero attached hydrogens (tertiary/aromatic N) is 4. The van der Waals surface area contributed by atoms with Gasteiger partial charge in [0.1, 0.15) is 11.6 Å². The highest BCUT2D eigenvalue weighted by atomic mass is 35.5. The maximum absolute atomic E-state index is 13.2. The number of rotatable bonds is 7. The van der Waals surface area contributed by atoms with Gasteiger partial charge in [0.25, 0.3) is 5.91 Å². The lowest BCUT2D eigenvalue weighted by Gasteiger charge is -2.43. The second-order valence-electron chi connectivity index (χ2n) is 10.00. The molecule has 0 spiro atoms. The van der Waals surface area contributed by atoms with Gasteiger partial charge < -0.3 is 10.2 Å². The van der Waals surface area contributed by atoms with Gasteiger partial charge in [-0.25, -0.2) is 9.37 Å². The fraction of sp³-hybridized carbons (Fsp3) is 0.379. The number of benzene rings is 2. The van der Waals surface area contributed by atoms with E-state index in [-0.39, 0.29) is 11.7 Å². The Balaban J connectivity index is 1.08. The average molecular weight is 557 g/mol. The summed E-state index contributed by atoms with van der Waals surface area (Å²) in [5.74, 6) is 0.322. The summed E-state index contributed by atoms with van der Waals surface area (Å²) in [5.41, 5.74) is 2.53. The van der Waals surface area contributed by atoms with Crippen LogP contribution in [-0.4, -0.2) is 66.0 Å². The molecule has 9 heteroatoms. The van der Waals surface area contributed by atoms with Crippen LogP contribution in [0.3, 0.4) is 0 Å². The van der Waals surface area contributed by atoms with Crippen LogP contribution in [0.2, 0.25) is 10.0 Å². The zero-order valence-electron chi connectivity index (χ0n) is 21.3. The van der Waals surface area contributed by atoms with Crippen molar-refractivity contribution in [2.75, 3.05) is 44.2 Å². The second kappa shape index (κ2) is 12.4. The molecule has 0 atom stereocenters. The van der Waals surface area contributed by atoms with Gasteiger partial charge in [-0.05, 0) is 67.4 Å². The maximum atomic E-state index is 13.2. The number of hydrogen-bond donors (Lipinski definition) is 1. The van der Waals surface area contributed by atoms with Gasteiger partial charge in [-0.1, -0.05) is 47.5 Å². The highest BCUT2D eigenvalue weighted by Gasteiger charge is 2.28. The van der Waals surface area contributed by atoms with Gasteiger partial charge in [-0.3, -0.25) is 14.6 Å². The van der Waals surface area contributed by atoms with Crippen molar-refractivity contribution < 1.29 is 9.18 Å². The zero-order valence-corrected chi connectivity index (χ0v) is 22.8. The van der Waals surface area contributed by atoms with Gasteiger partial charge >= 0.3 is 0 Å². The van der Waals surface area contributed by atoms with E-state index < -0.39 is 0 Å². The lowest BCUT2D eigenvalue weighted by atomic mass is 10.0. The first-order chi connectivity index (χ1) is 18.4. The molecule has 3 aromatic rings. The SMILES string of the molecule is O=C(NCc1cccc(Cl)c1)c1cnc(N2CCN(C3CCN(Cc4ccc(F)cc4)CC3)CC2)c(Cl)c1. The molecule has 1 amide bonds. The van der Waals surface area contributed by atoms with Crippen molar-refractivity contribution in [3.63, 3.8) is 0 Å². The Kier molecular flexibility index (Phi) is 8.79.